The first kappa shape index (κ1) is 10.5. The van der Waals surface area contributed by atoms with Gasteiger partial charge in [0.1, 0.15) is 5.82 Å². The van der Waals surface area contributed by atoms with E-state index < -0.39 is 0 Å². The molecule has 0 radical (unpaired) electrons. The monoisotopic (exact) mass is 216 g/mol. The number of halogens is 1. The highest BCUT2D eigenvalue weighted by molar-refractivity contribution is 5.65. The molecule has 2 rings (SSSR count). The van der Waals surface area contributed by atoms with E-state index in [0.29, 0.717) is 12.2 Å². The lowest BCUT2D eigenvalue weighted by Crippen LogP contribution is -2.02. The molecule has 0 saturated heterocycles. The standard InChI is InChI=1S/C13H13FN2/c14-11-7-5-10(6-8-11)9-16-13-4-2-1-3-12(13)15/h1-8,16H,9,15H2. The number of nitrogens with one attached hydrogen (secondary N) is 1. The largest absolute Gasteiger partial charge is 0.397 e. The van der Waals surface area contributed by atoms with Crippen LogP contribution in [0.3, 0.4) is 0 Å². The third kappa shape index (κ3) is 2.51. The predicted octanol–water partition coefficient (Wildman–Crippen LogP) is 3.02. The van der Waals surface area contributed by atoms with E-state index in [-0.39, 0.29) is 5.82 Å². The maximum absolute atomic E-state index is 12.7. The smallest absolute Gasteiger partial charge is 0.123 e. The van der Waals surface area contributed by atoms with E-state index in [0.717, 1.165) is 11.3 Å². The quantitative estimate of drug-likeness (QED) is 0.774. The van der Waals surface area contributed by atoms with Crippen LogP contribution >= 0.6 is 0 Å². The zero-order chi connectivity index (χ0) is 11.4. The van der Waals surface area contributed by atoms with Crippen molar-refractivity contribution in [2.75, 3.05) is 11.1 Å². The fraction of sp³-hybridized carbons (Fsp3) is 0.0769. The van der Waals surface area contributed by atoms with E-state index in [9.17, 15) is 4.39 Å². The highest BCUT2D eigenvalue weighted by Crippen LogP contribution is 2.17. The maximum atomic E-state index is 12.7. The van der Waals surface area contributed by atoms with Gasteiger partial charge in [-0.1, -0.05) is 24.3 Å². The second-order valence-electron chi connectivity index (χ2n) is 3.57. The van der Waals surface area contributed by atoms with E-state index in [1.807, 2.05) is 24.3 Å². The number of nitrogen functional groups attached to an aromatic ring is 1. The van der Waals surface area contributed by atoms with Crippen LogP contribution < -0.4 is 11.1 Å². The average Bonchev–Trinajstić information content (AvgIpc) is 2.30. The Morgan fingerprint density at radius 2 is 1.69 bits per heavy atom. The van der Waals surface area contributed by atoms with Gasteiger partial charge in [0.25, 0.3) is 0 Å². The van der Waals surface area contributed by atoms with Gasteiger partial charge in [-0.05, 0) is 29.8 Å². The van der Waals surface area contributed by atoms with Gasteiger partial charge in [-0.25, -0.2) is 4.39 Å². The average molecular weight is 216 g/mol. The second kappa shape index (κ2) is 4.66. The lowest BCUT2D eigenvalue weighted by atomic mass is 10.2. The molecule has 0 amide bonds. The van der Waals surface area contributed by atoms with Gasteiger partial charge in [0, 0.05) is 6.54 Å². The molecule has 3 heteroatoms. The molecule has 0 bridgehead atoms. The van der Waals surface area contributed by atoms with Crippen LogP contribution in [0.15, 0.2) is 48.5 Å². The topological polar surface area (TPSA) is 38.0 Å². The Kier molecular flexibility index (Phi) is 3.05. The van der Waals surface area contributed by atoms with Crippen molar-refractivity contribution in [1.82, 2.24) is 0 Å². The molecule has 2 nitrogen and oxygen atoms in total. The van der Waals surface area contributed by atoms with Crippen LogP contribution in [-0.2, 0) is 6.54 Å². The Balaban J connectivity index is 2.02. The fourth-order valence-electron chi connectivity index (χ4n) is 1.46. The zero-order valence-corrected chi connectivity index (χ0v) is 8.78. The molecule has 82 valence electrons. The van der Waals surface area contributed by atoms with E-state index in [4.69, 9.17) is 5.73 Å². The minimum absolute atomic E-state index is 0.219. The van der Waals surface area contributed by atoms with Gasteiger partial charge in [-0.2, -0.15) is 0 Å². The van der Waals surface area contributed by atoms with Gasteiger partial charge >= 0.3 is 0 Å². The van der Waals surface area contributed by atoms with E-state index in [1.165, 1.54) is 12.1 Å². The number of nitrogens with two attached hydrogens (primary N) is 1. The van der Waals surface area contributed by atoms with Crippen molar-refractivity contribution in [3.05, 3.63) is 59.9 Å². The number of rotatable bonds is 3. The minimum atomic E-state index is -0.219. The summed E-state index contributed by atoms with van der Waals surface area (Å²) >= 11 is 0. The number of hydrogen-bond acceptors (Lipinski definition) is 2. The van der Waals surface area contributed by atoms with Crippen molar-refractivity contribution in [3.8, 4) is 0 Å². The van der Waals surface area contributed by atoms with Crippen molar-refractivity contribution < 1.29 is 4.39 Å². The summed E-state index contributed by atoms with van der Waals surface area (Å²) in [4.78, 5) is 0. The molecule has 16 heavy (non-hydrogen) atoms. The SMILES string of the molecule is Nc1ccccc1NCc1ccc(F)cc1. The third-order valence-electron chi connectivity index (χ3n) is 2.36. The number of anilines is 2. The molecule has 0 saturated carbocycles. The molecule has 0 aromatic heterocycles. The van der Waals surface area contributed by atoms with Crippen LogP contribution in [0.1, 0.15) is 5.56 Å². The fourth-order valence-corrected chi connectivity index (χ4v) is 1.46. The first-order valence-corrected chi connectivity index (χ1v) is 5.08. The van der Waals surface area contributed by atoms with E-state index in [1.54, 1.807) is 12.1 Å². The summed E-state index contributed by atoms with van der Waals surface area (Å²) < 4.78 is 12.7. The van der Waals surface area contributed by atoms with Crippen molar-refractivity contribution >= 4 is 11.4 Å². The van der Waals surface area contributed by atoms with Crippen molar-refractivity contribution in [2.24, 2.45) is 0 Å². The molecule has 2 aromatic rings. The van der Waals surface area contributed by atoms with Crippen molar-refractivity contribution in [1.29, 1.82) is 0 Å². The number of benzene rings is 2. The first-order valence-electron chi connectivity index (χ1n) is 5.08. The van der Waals surface area contributed by atoms with Crippen LogP contribution in [0.2, 0.25) is 0 Å². The zero-order valence-electron chi connectivity index (χ0n) is 8.78. The minimum Gasteiger partial charge on any atom is -0.397 e. The summed E-state index contributed by atoms with van der Waals surface area (Å²) in [6, 6.07) is 14.0. The van der Waals surface area contributed by atoms with Crippen LogP contribution in [0.25, 0.3) is 0 Å². The van der Waals surface area contributed by atoms with Crippen LogP contribution in [-0.4, -0.2) is 0 Å². The molecule has 2 aromatic carbocycles. The number of hydrogen-bond donors (Lipinski definition) is 2. The molecule has 0 atom stereocenters. The molecule has 0 heterocycles. The summed E-state index contributed by atoms with van der Waals surface area (Å²) in [6.45, 7) is 0.633. The van der Waals surface area contributed by atoms with Gasteiger partial charge < -0.3 is 11.1 Å². The Bertz CT molecular complexity index is 466. The van der Waals surface area contributed by atoms with Crippen LogP contribution in [0.5, 0.6) is 0 Å². The van der Waals surface area contributed by atoms with Gasteiger partial charge in [0.15, 0.2) is 0 Å². The maximum Gasteiger partial charge on any atom is 0.123 e. The van der Waals surface area contributed by atoms with Gasteiger partial charge in [-0.15, -0.1) is 0 Å². The molecule has 0 aliphatic heterocycles. The normalized spacial score (nSPS) is 10.1. The summed E-state index contributed by atoms with van der Waals surface area (Å²) in [5.74, 6) is -0.219. The lowest BCUT2D eigenvalue weighted by molar-refractivity contribution is 0.627. The highest BCUT2D eigenvalue weighted by Gasteiger charge is 1.97. The molecule has 0 unspecified atom stereocenters. The molecule has 3 N–H and O–H groups in total. The highest BCUT2D eigenvalue weighted by atomic mass is 19.1. The third-order valence-corrected chi connectivity index (χ3v) is 2.36. The molecule has 0 aliphatic rings. The second-order valence-corrected chi connectivity index (χ2v) is 3.57. The van der Waals surface area contributed by atoms with E-state index >= 15 is 0 Å². The molecular formula is C13H13FN2. The Hall–Kier alpha value is -2.03. The Morgan fingerprint density at radius 3 is 2.38 bits per heavy atom. The summed E-state index contributed by atoms with van der Waals surface area (Å²) in [6.07, 6.45) is 0. The molecule has 0 spiro atoms. The summed E-state index contributed by atoms with van der Waals surface area (Å²) in [7, 11) is 0. The van der Waals surface area contributed by atoms with Crippen molar-refractivity contribution in [3.63, 3.8) is 0 Å². The van der Waals surface area contributed by atoms with Gasteiger partial charge in [0.2, 0.25) is 0 Å². The molecule has 0 fully saturated rings. The number of para-hydroxylation sites is 2. The predicted molar refractivity (Wildman–Crippen MR) is 64.6 cm³/mol. The van der Waals surface area contributed by atoms with Crippen LogP contribution in [0, 0.1) is 5.82 Å². The Labute approximate surface area is 93.9 Å². The van der Waals surface area contributed by atoms with E-state index in [2.05, 4.69) is 5.32 Å². The molecular weight excluding hydrogens is 203 g/mol. The van der Waals surface area contributed by atoms with Gasteiger partial charge in [-0.3, -0.25) is 0 Å². The van der Waals surface area contributed by atoms with Crippen LogP contribution in [0.4, 0.5) is 15.8 Å². The Morgan fingerprint density at radius 1 is 1.00 bits per heavy atom. The lowest BCUT2D eigenvalue weighted by Gasteiger charge is -2.08. The first-order chi connectivity index (χ1) is 7.75. The summed E-state index contributed by atoms with van der Waals surface area (Å²) in [5, 5.41) is 3.20. The molecule has 0 aliphatic carbocycles. The van der Waals surface area contributed by atoms with Gasteiger partial charge in [0.05, 0.1) is 11.4 Å². The summed E-state index contributed by atoms with van der Waals surface area (Å²) in [5.41, 5.74) is 8.41. The van der Waals surface area contributed by atoms with Crippen molar-refractivity contribution in [2.45, 2.75) is 6.54 Å².